The van der Waals surface area contributed by atoms with Crippen LogP contribution in [0, 0.1) is 5.92 Å². The SMILES string of the molecule is CCCCC1CCCC1NC(=O)c1cn(-c2ccc(C(F)(F)F)cn2)nn1. The number of hydrogen-bond donors (Lipinski definition) is 1. The van der Waals surface area contributed by atoms with E-state index in [1.54, 1.807) is 0 Å². The van der Waals surface area contributed by atoms with E-state index in [0.29, 0.717) is 5.92 Å². The van der Waals surface area contributed by atoms with Gasteiger partial charge >= 0.3 is 6.18 Å². The molecule has 1 aliphatic carbocycles. The van der Waals surface area contributed by atoms with Crippen molar-refractivity contribution in [1.29, 1.82) is 0 Å². The van der Waals surface area contributed by atoms with Crippen molar-refractivity contribution in [2.24, 2.45) is 5.92 Å². The summed E-state index contributed by atoms with van der Waals surface area (Å²) in [6, 6.07) is 2.25. The van der Waals surface area contributed by atoms with Crippen molar-refractivity contribution in [2.45, 2.75) is 57.7 Å². The van der Waals surface area contributed by atoms with Gasteiger partial charge in [0.1, 0.15) is 0 Å². The Balaban J connectivity index is 1.65. The number of hydrogen-bond acceptors (Lipinski definition) is 4. The van der Waals surface area contributed by atoms with Gasteiger partial charge in [-0.05, 0) is 37.3 Å². The molecule has 2 aromatic rings. The minimum absolute atomic E-state index is 0.123. The summed E-state index contributed by atoms with van der Waals surface area (Å²) < 4.78 is 39.0. The van der Waals surface area contributed by atoms with Crippen LogP contribution < -0.4 is 5.32 Å². The lowest BCUT2D eigenvalue weighted by molar-refractivity contribution is -0.137. The summed E-state index contributed by atoms with van der Waals surface area (Å²) in [5, 5.41) is 10.7. The highest BCUT2D eigenvalue weighted by molar-refractivity contribution is 5.92. The second kappa shape index (κ2) is 8.06. The number of aromatic nitrogens is 4. The van der Waals surface area contributed by atoms with Gasteiger partial charge in [-0.2, -0.15) is 13.2 Å². The normalized spacial score (nSPS) is 20.0. The van der Waals surface area contributed by atoms with E-state index in [1.165, 1.54) is 16.9 Å². The number of carbonyl (C=O) groups is 1. The number of halogens is 3. The van der Waals surface area contributed by atoms with Crippen LogP contribution in [0.1, 0.15) is 61.5 Å². The summed E-state index contributed by atoms with van der Waals surface area (Å²) in [5.74, 6) is 0.332. The molecule has 9 heteroatoms. The lowest BCUT2D eigenvalue weighted by Crippen LogP contribution is -2.37. The van der Waals surface area contributed by atoms with E-state index in [9.17, 15) is 18.0 Å². The van der Waals surface area contributed by atoms with E-state index >= 15 is 0 Å². The van der Waals surface area contributed by atoms with E-state index in [4.69, 9.17) is 0 Å². The molecule has 3 rings (SSSR count). The van der Waals surface area contributed by atoms with Crippen LogP contribution in [-0.2, 0) is 6.18 Å². The van der Waals surface area contributed by atoms with Crippen LogP contribution in [-0.4, -0.2) is 31.9 Å². The molecule has 1 saturated carbocycles. The number of pyridine rings is 1. The zero-order valence-corrected chi connectivity index (χ0v) is 15.0. The fourth-order valence-corrected chi connectivity index (χ4v) is 3.45. The van der Waals surface area contributed by atoms with E-state index in [1.807, 2.05) is 0 Å². The van der Waals surface area contributed by atoms with Gasteiger partial charge in [0.25, 0.3) is 5.91 Å². The molecule has 146 valence electrons. The molecular weight excluding hydrogens is 359 g/mol. The van der Waals surface area contributed by atoms with Gasteiger partial charge in [-0.15, -0.1) is 5.10 Å². The van der Waals surface area contributed by atoms with Crippen molar-refractivity contribution in [3.63, 3.8) is 0 Å². The van der Waals surface area contributed by atoms with Crippen molar-refractivity contribution in [3.8, 4) is 5.82 Å². The highest BCUT2D eigenvalue weighted by Gasteiger charge is 2.31. The molecule has 0 saturated heterocycles. The Morgan fingerprint density at radius 2 is 2.15 bits per heavy atom. The van der Waals surface area contributed by atoms with E-state index < -0.39 is 11.7 Å². The molecule has 1 amide bonds. The molecule has 1 N–H and O–H groups in total. The second-order valence-corrected chi connectivity index (χ2v) is 6.86. The third kappa shape index (κ3) is 4.64. The smallest absolute Gasteiger partial charge is 0.348 e. The number of alkyl halides is 3. The Hall–Kier alpha value is -2.45. The fraction of sp³-hybridized carbons (Fsp3) is 0.556. The summed E-state index contributed by atoms with van der Waals surface area (Å²) in [4.78, 5) is 16.2. The van der Waals surface area contributed by atoms with Gasteiger partial charge in [0.05, 0.1) is 11.8 Å². The van der Waals surface area contributed by atoms with Crippen LogP contribution in [0.25, 0.3) is 5.82 Å². The predicted octanol–water partition coefficient (Wildman–Crippen LogP) is 3.77. The van der Waals surface area contributed by atoms with Gasteiger partial charge in [0.2, 0.25) is 0 Å². The Kier molecular flexibility index (Phi) is 5.76. The summed E-state index contributed by atoms with van der Waals surface area (Å²) >= 11 is 0. The zero-order chi connectivity index (χ0) is 19.4. The first-order valence-electron chi connectivity index (χ1n) is 9.15. The molecule has 0 aliphatic heterocycles. The minimum atomic E-state index is -4.45. The summed E-state index contributed by atoms with van der Waals surface area (Å²) in [6.45, 7) is 2.15. The molecule has 1 fully saturated rings. The topological polar surface area (TPSA) is 72.7 Å². The quantitative estimate of drug-likeness (QED) is 0.827. The largest absolute Gasteiger partial charge is 0.417 e. The van der Waals surface area contributed by atoms with Gasteiger partial charge in [0, 0.05) is 12.2 Å². The standard InChI is InChI=1S/C18H22F3N5O/c1-2-3-5-12-6-4-7-14(12)23-17(27)15-11-26(25-24-15)16-9-8-13(10-22-16)18(19,20)21/h8-12,14H,2-7H2,1H3,(H,23,27). The van der Waals surface area contributed by atoms with Gasteiger partial charge in [-0.25, -0.2) is 9.67 Å². The van der Waals surface area contributed by atoms with Crippen molar-refractivity contribution < 1.29 is 18.0 Å². The highest BCUT2D eigenvalue weighted by Crippen LogP contribution is 2.30. The van der Waals surface area contributed by atoms with Crippen molar-refractivity contribution in [2.75, 3.05) is 0 Å². The van der Waals surface area contributed by atoms with Crippen molar-refractivity contribution in [3.05, 3.63) is 35.8 Å². The number of amides is 1. The lowest BCUT2D eigenvalue weighted by atomic mass is 9.97. The minimum Gasteiger partial charge on any atom is -0.348 e. The first-order chi connectivity index (χ1) is 12.9. The first kappa shape index (κ1) is 19.3. The average molecular weight is 381 g/mol. The van der Waals surface area contributed by atoms with E-state index in [-0.39, 0.29) is 23.5 Å². The van der Waals surface area contributed by atoms with Gasteiger partial charge in [-0.1, -0.05) is 31.4 Å². The third-order valence-corrected chi connectivity index (χ3v) is 4.94. The van der Waals surface area contributed by atoms with Crippen molar-refractivity contribution >= 4 is 5.91 Å². The number of nitrogens with one attached hydrogen (secondary N) is 1. The van der Waals surface area contributed by atoms with Gasteiger partial charge in [0.15, 0.2) is 11.5 Å². The molecule has 0 radical (unpaired) electrons. The Morgan fingerprint density at radius 1 is 1.33 bits per heavy atom. The number of nitrogens with zero attached hydrogens (tertiary/aromatic N) is 4. The maximum atomic E-state index is 12.6. The van der Waals surface area contributed by atoms with Gasteiger partial charge < -0.3 is 5.32 Å². The van der Waals surface area contributed by atoms with Gasteiger partial charge in [-0.3, -0.25) is 4.79 Å². The molecule has 0 bridgehead atoms. The number of carbonyl (C=O) groups excluding carboxylic acids is 1. The van der Waals surface area contributed by atoms with Crippen LogP contribution >= 0.6 is 0 Å². The molecule has 2 heterocycles. The van der Waals surface area contributed by atoms with Crippen LogP contribution in [0.5, 0.6) is 0 Å². The highest BCUT2D eigenvalue weighted by atomic mass is 19.4. The van der Waals surface area contributed by atoms with E-state index in [2.05, 4.69) is 27.5 Å². The molecular formula is C18H22F3N5O. The molecule has 0 spiro atoms. The molecule has 6 nitrogen and oxygen atoms in total. The average Bonchev–Trinajstić information content (AvgIpc) is 3.29. The monoisotopic (exact) mass is 381 g/mol. The molecule has 27 heavy (non-hydrogen) atoms. The van der Waals surface area contributed by atoms with Crippen LogP contribution in [0.15, 0.2) is 24.5 Å². The molecule has 2 unspecified atom stereocenters. The van der Waals surface area contributed by atoms with Crippen molar-refractivity contribution in [1.82, 2.24) is 25.3 Å². The molecule has 2 atom stereocenters. The first-order valence-corrected chi connectivity index (χ1v) is 9.15. The molecule has 0 aromatic carbocycles. The number of rotatable bonds is 6. The van der Waals surface area contributed by atoms with Crippen LogP contribution in [0.2, 0.25) is 0 Å². The maximum Gasteiger partial charge on any atom is 0.417 e. The second-order valence-electron chi connectivity index (χ2n) is 6.86. The number of unbranched alkanes of at least 4 members (excludes halogenated alkanes) is 1. The predicted molar refractivity (Wildman–Crippen MR) is 92.3 cm³/mol. The van der Waals surface area contributed by atoms with E-state index in [0.717, 1.165) is 50.8 Å². The fourth-order valence-electron chi connectivity index (χ4n) is 3.45. The molecule has 2 aromatic heterocycles. The summed E-state index contributed by atoms with van der Waals surface area (Å²) in [6.07, 6.45) is 4.20. The Labute approximate surface area is 155 Å². The molecule has 1 aliphatic rings. The Morgan fingerprint density at radius 3 is 2.81 bits per heavy atom. The lowest BCUT2D eigenvalue weighted by Gasteiger charge is -2.20. The Bertz CT molecular complexity index is 772. The maximum absolute atomic E-state index is 12.6. The third-order valence-electron chi connectivity index (χ3n) is 4.94. The summed E-state index contributed by atoms with van der Waals surface area (Å²) in [7, 11) is 0. The summed E-state index contributed by atoms with van der Waals surface area (Å²) in [5.41, 5.74) is -0.721. The van der Waals surface area contributed by atoms with Crippen LogP contribution in [0.4, 0.5) is 13.2 Å². The van der Waals surface area contributed by atoms with Crippen LogP contribution in [0.3, 0.4) is 0 Å². The zero-order valence-electron chi connectivity index (χ0n) is 15.0.